The first kappa shape index (κ1) is 10.3. The lowest BCUT2D eigenvalue weighted by Gasteiger charge is -1.92. The molecule has 13 heavy (non-hydrogen) atoms. The van der Waals surface area contributed by atoms with E-state index in [4.69, 9.17) is 0 Å². The van der Waals surface area contributed by atoms with Crippen molar-refractivity contribution >= 4 is 0 Å². The Hall–Kier alpha value is -0.780. The average molecular weight is 175 g/mol. The fraction of sp³-hybridized carbons (Fsp3) is 0.462. The van der Waals surface area contributed by atoms with Gasteiger partial charge in [0.2, 0.25) is 0 Å². The van der Waals surface area contributed by atoms with Crippen molar-refractivity contribution < 1.29 is 0 Å². The summed E-state index contributed by atoms with van der Waals surface area (Å²) >= 11 is 0. The lowest BCUT2D eigenvalue weighted by Crippen LogP contribution is -1.72. The van der Waals surface area contributed by atoms with Gasteiger partial charge in [-0.15, -0.1) is 0 Å². The number of hydrogen-bond acceptors (Lipinski definition) is 0. The molecule has 0 amide bonds. The van der Waals surface area contributed by atoms with E-state index in [1.807, 2.05) is 0 Å². The normalized spacial score (nSPS) is 27.7. The highest BCUT2D eigenvalue weighted by atomic mass is 13.9. The summed E-state index contributed by atoms with van der Waals surface area (Å²) in [5.74, 6) is 0. The first-order valence-corrected chi connectivity index (χ1v) is 5.30. The molecule has 0 aliphatic heterocycles. The van der Waals surface area contributed by atoms with E-state index in [0.717, 1.165) is 0 Å². The van der Waals surface area contributed by atoms with Gasteiger partial charge >= 0.3 is 0 Å². The topological polar surface area (TPSA) is 0 Å². The molecule has 0 unspecified atom stereocenters. The van der Waals surface area contributed by atoms with Gasteiger partial charge in [-0.1, -0.05) is 36.5 Å². The van der Waals surface area contributed by atoms with Crippen molar-refractivity contribution in [1.82, 2.24) is 0 Å². The van der Waals surface area contributed by atoms with Crippen LogP contribution in [0.15, 0.2) is 36.5 Å². The van der Waals surface area contributed by atoms with Gasteiger partial charge in [0.15, 0.2) is 0 Å². The molecule has 0 saturated carbocycles. The summed E-state index contributed by atoms with van der Waals surface area (Å²) in [5, 5.41) is 0. The Bertz CT molecular complexity index is 184. The fourth-order valence-electron chi connectivity index (χ4n) is 1.37. The minimum atomic E-state index is 1.17. The lowest BCUT2D eigenvalue weighted by atomic mass is 10.1. The van der Waals surface area contributed by atoms with E-state index >= 15 is 0 Å². The van der Waals surface area contributed by atoms with E-state index in [2.05, 4.69) is 42.9 Å². The van der Waals surface area contributed by atoms with Crippen LogP contribution in [0.5, 0.6) is 0 Å². The maximum atomic E-state index is 2.32. The minimum Gasteiger partial charge on any atom is -0.0885 e. The molecular formula is C13H19. The van der Waals surface area contributed by atoms with Gasteiger partial charge in [-0.3, -0.25) is 0 Å². The molecule has 0 aromatic rings. The van der Waals surface area contributed by atoms with Crippen LogP contribution in [-0.4, -0.2) is 0 Å². The Labute approximate surface area is 82.0 Å². The molecule has 1 aliphatic rings. The van der Waals surface area contributed by atoms with Crippen molar-refractivity contribution in [3.05, 3.63) is 42.9 Å². The van der Waals surface area contributed by atoms with Crippen LogP contribution in [0.2, 0.25) is 0 Å². The highest BCUT2D eigenvalue weighted by molar-refractivity contribution is 5.08. The first-order chi connectivity index (χ1) is 6.50. The zero-order valence-corrected chi connectivity index (χ0v) is 8.28. The predicted molar refractivity (Wildman–Crippen MR) is 59.4 cm³/mol. The molecule has 0 saturated heterocycles. The summed E-state index contributed by atoms with van der Waals surface area (Å²) < 4.78 is 0. The van der Waals surface area contributed by atoms with Gasteiger partial charge < -0.3 is 0 Å². The van der Waals surface area contributed by atoms with Crippen molar-refractivity contribution in [3.63, 3.8) is 0 Å². The summed E-state index contributed by atoms with van der Waals surface area (Å²) in [5.41, 5.74) is 0. The van der Waals surface area contributed by atoms with E-state index < -0.39 is 0 Å². The van der Waals surface area contributed by atoms with E-state index in [1.54, 1.807) is 0 Å². The molecule has 0 aromatic heterocycles. The molecule has 0 heterocycles. The second-order valence-electron chi connectivity index (χ2n) is 3.38. The third-order valence-corrected chi connectivity index (χ3v) is 2.15. The van der Waals surface area contributed by atoms with E-state index in [0.29, 0.717) is 0 Å². The van der Waals surface area contributed by atoms with Crippen LogP contribution in [0.1, 0.15) is 38.5 Å². The zero-order valence-electron chi connectivity index (χ0n) is 8.28. The Morgan fingerprint density at radius 2 is 1.08 bits per heavy atom. The number of allylic oxidation sites excluding steroid dienone is 6. The van der Waals surface area contributed by atoms with Gasteiger partial charge in [0.25, 0.3) is 0 Å². The minimum absolute atomic E-state index is 1.17. The zero-order chi connectivity index (χ0) is 9.19. The molecule has 71 valence electrons. The lowest BCUT2D eigenvalue weighted by molar-refractivity contribution is 0.760. The summed E-state index contributed by atoms with van der Waals surface area (Å²) in [4.78, 5) is 0. The third kappa shape index (κ3) is 6.39. The van der Waals surface area contributed by atoms with Crippen LogP contribution in [-0.2, 0) is 0 Å². The van der Waals surface area contributed by atoms with Gasteiger partial charge in [0.1, 0.15) is 0 Å². The van der Waals surface area contributed by atoms with Gasteiger partial charge in [-0.05, 0) is 38.5 Å². The van der Waals surface area contributed by atoms with Gasteiger partial charge in [0.05, 0.1) is 0 Å². The molecule has 1 aliphatic carbocycles. The maximum Gasteiger partial charge on any atom is 0.00441 e. The molecule has 0 N–H and O–H groups in total. The largest absolute Gasteiger partial charge is 0.0885 e. The maximum absolute atomic E-state index is 2.32. The van der Waals surface area contributed by atoms with E-state index in [-0.39, 0.29) is 0 Å². The number of rotatable bonds is 0. The Morgan fingerprint density at radius 3 is 1.92 bits per heavy atom. The molecule has 0 spiro atoms. The second-order valence-corrected chi connectivity index (χ2v) is 3.38. The van der Waals surface area contributed by atoms with Crippen LogP contribution in [0.3, 0.4) is 0 Å². The van der Waals surface area contributed by atoms with Gasteiger partial charge in [0, 0.05) is 6.42 Å². The SMILES string of the molecule is [CH]1/C=C/CC/C=C\CCCC/C=C/1. The predicted octanol–water partition coefficient (Wildman–Crippen LogP) is 4.21. The van der Waals surface area contributed by atoms with E-state index in [1.165, 1.54) is 38.5 Å². The molecule has 0 atom stereocenters. The van der Waals surface area contributed by atoms with Crippen molar-refractivity contribution in [2.75, 3.05) is 0 Å². The number of hydrogen-bond donors (Lipinski definition) is 0. The Balaban J connectivity index is 2.28. The molecule has 0 bridgehead atoms. The molecule has 0 heteroatoms. The Morgan fingerprint density at radius 1 is 0.538 bits per heavy atom. The molecule has 0 nitrogen and oxygen atoms in total. The summed E-state index contributed by atoms with van der Waals surface area (Å²) in [6, 6.07) is 0. The quantitative estimate of drug-likeness (QED) is 0.484. The molecule has 0 aromatic carbocycles. The third-order valence-electron chi connectivity index (χ3n) is 2.15. The van der Waals surface area contributed by atoms with Crippen molar-refractivity contribution in [3.8, 4) is 0 Å². The highest BCUT2D eigenvalue weighted by Crippen LogP contribution is 2.04. The monoisotopic (exact) mass is 175 g/mol. The van der Waals surface area contributed by atoms with Crippen LogP contribution < -0.4 is 0 Å². The van der Waals surface area contributed by atoms with Crippen LogP contribution in [0.4, 0.5) is 0 Å². The second kappa shape index (κ2) is 7.85. The molecule has 0 fully saturated rings. The fourth-order valence-corrected chi connectivity index (χ4v) is 1.37. The highest BCUT2D eigenvalue weighted by Gasteiger charge is 1.84. The van der Waals surface area contributed by atoms with E-state index in [9.17, 15) is 0 Å². The molecule has 1 rings (SSSR count). The van der Waals surface area contributed by atoms with Crippen molar-refractivity contribution in [1.29, 1.82) is 0 Å². The van der Waals surface area contributed by atoms with Crippen LogP contribution >= 0.6 is 0 Å². The summed E-state index contributed by atoms with van der Waals surface area (Å²) in [6.07, 6.45) is 23.0. The average Bonchev–Trinajstić information content (AvgIpc) is 2.18. The van der Waals surface area contributed by atoms with Crippen LogP contribution in [0, 0.1) is 6.42 Å². The Kier molecular flexibility index (Phi) is 6.22. The van der Waals surface area contributed by atoms with Crippen LogP contribution in [0.25, 0.3) is 0 Å². The molecule has 1 radical (unpaired) electrons. The van der Waals surface area contributed by atoms with Crippen molar-refractivity contribution in [2.45, 2.75) is 38.5 Å². The van der Waals surface area contributed by atoms with Crippen molar-refractivity contribution in [2.24, 2.45) is 0 Å². The standard InChI is InChI=1S/C13H19/c1-2-4-6-8-10-12-13-11-9-7-5-3-1/h1-5,10,12H,6-9,11,13H2/b4-2+,5-3+,12-10-. The summed E-state index contributed by atoms with van der Waals surface area (Å²) in [6.45, 7) is 0. The molecular weight excluding hydrogens is 156 g/mol. The first-order valence-electron chi connectivity index (χ1n) is 5.30. The van der Waals surface area contributed by atoms with Gasteiger partial charge in [-0.2, -0.15) is 0 Å². The smallest absolute Gasteiger partial charge is 0.00441 e. The van der Waals surface area contributed by atoms with Gasteiger partial charge in [-0.25, -0.2) is 0 Å². The summed E-state index contributed by atoms with van der Waals surface area (Å²) in [7, 11) is 0.